The number of carboxylic acid groups (broad SMARTS) is 1. The van der Waals surface area contributed by atoms with Crippen LogP contribution < -0.4 is 10.6 Å². The monoisotopic (exact) mass is 438 g/mol. The number of benzene rings is 2. The molecule has 1 atom stereocenters. The summed E-state index contributed by atoms with van der Waals surface area (Å²) < 4.78 is 5.51. The zero-order valence-electron chi connectivity index (χ0n) is 17.5. The van der Waals surface area contributed by atoms with Crippen LogP contribution in [0.2, 0.25) is 0 Å². The van der Waals surface area contributed by atoms with Crippen LogP contribution in [0.1, 0.15) is 36.3 Å². The van der Waals surface area contributed by atoms with Crippen LogP contribution in [0, 0.1) is 5.41 Å². The number of aliphatic hydroxyl groups is 1. The summed E-state index contributed by atoms with van der Waals surface area (Å²) in [5.74, 6) is -1.85. The van der Waals surface area contributed by atoms with Crippen molar-refractivity contribution in [3.8, 4) is 11.1 Å². The molecule has 8 nitrogen and oxygen atoms in total. The SMILES string of the molecule is O=C(NCC1(C(=O)NC(CO)C(=O)O)CCC1)OCC1c2ccccc2-c2ccccc21. The second-order valence-electron chi connectivity index (χ2n) is 8.36. The molecule has 2 amide bonds. The second-order valence-corrected chi connectivity index (χ2v) is 8.36. The van der Waals surface area contributed by atoms with Gasteiger partial charge in [-0.3, -0.25) is 4.79 Å². The van der Waals surface area contributed by atoms with Gasteiger partial charge >= 0.3 is 12.1 Å². The molecule has 0 saturated heterocycles. The van der Waals surface area contributed by atoms with E-state index < -0.39 is 36.0 Å². The number of aliphatic carboxylic acids is 1. The molecular weight excluding hydrogens is 412 g/mol. The molecule has 0 bridgehead atoms. The summed E-state index contributed by atoms with van der Waals surface area (Å²) in [6.07, 6.45) is 1.24. The van der Waals surface area contributed by atoms with Crippen molar-refractivity contribution in [1.82, 2.24) is 10.6 Å². The maximum Gasteiger partial charge on any atom is 0.407 e. The Hall–Kier alpha value is -3.39. The van der Waals surface area contributed by atoms with Crippen LogP contribution in [0.4, 0.5) is 4.79 Å². The quantitative estimate of drug-likeness (QED) is 0.501. The molecule has 2 aromatic rings. The molecule has 1 unspecified atom stereocenters. The van der Waals surface area contributed by atoms with Gasteiger partial charge in [-0.15, -0.1) is 0 Å². The fourth-order valence-corrected chi connectivity index (χ4v) is 4.48. The molecule has 0 aliphatic heterocycles. The van der Waals surface area contributed by atoms with Crippen molar-refractivity contribution in [2.75, 3.05) is 19.8 Å². The highest BCUT2D eigenvalue weighted by atomic mass is 16.5. The third-order valence-corrected chi connectivity index (χ3v) is 6.49. The van der Waals surface area contributed by atoms with Gasteiger partial charge in [0.25, 0.3) is 0 Å². The van der Waals surface area contributed by atoms with E-state index >= 15 is 0 Å². The number of ether oxygens (including phenoxy) is 1. The Morgan fingerprint density at radius 3 is 2.12 bits per heavy atom. The molecule has 4 N–H and O–H groups in total. The first-order valence-corrected chi connectivity index (χ1v) is 10.7. The fourth-order valence-electron chi connectivity index (χ4n) is 4.48. The lowest BCUT2D eigenvalue weighted by Crippen LogP contribution is -2.56. The molecule has 8 heteroatoms. The van der Waals surface area contributed by atoms with E-state index in [1.807, 2.05) is 36.4 Å². The van der Waals surface area contributed by atoms with Crippen molar-refractivity contribution in [2.24, 2.45) is 5.41 Å². The average Bonchev–Trinajstić information content (AvgIpc) is 3.09. The molecule has 2 aliphatic carbocycles. The first kappa shape index (κ1) is 21.8. The van der Waals surface area contributed by atoms with Crippen molar-refractivity contribution in [1.29, 1.82) is 0 Å². The van der Waals surface area contributed by atoms with Crippen molar-refractivity contribution in [3.63, 3.8) is 0 Å². The van der Waals surface area contributed by atoms with Crippen LogP contribution in [0.3, 0.4) is 0 Å². The van der Waals surface area contributed by atoms with Gasteiger partial charge in [0.05, 0.1) is 12.0 Å². The minimum absolute atomic E-state index is 0.0489. The van der Waals surface area contributed by atoms with Crippen LogP contribution in [0.5, 0.6) is 0 Å². The lowest BCUT2D eigenvalue weighted by Gasteiger charge is -2.40. The summed E-state index contributed by atoms with van der Waals surface area (Å²) in [6.45, 7) is -0.477. The predicted molar refractivity (Wildman–Crippen MR) is 116 cm³/mol. The van der Waals surface area contributed by atoms with Crippen molar-refractivity contribution in [3.05, 3.63) is 59.7 Å². The van der Waals surface area contributed by atoms with Crippen LogP contribution in [0.25, 0.3) is 11.1 Å². The van der Waals surface area contributed by atoms with Crippen LogP contribution in [-0.2, 0) is 14.3 Å². The fraction of sp³-hybridized carbons (Fsp3) is 0.375. The molecule has 2 aliphatic rings. The van der Waals surface area contributed by atoms with Gasteiger partial charge in [0.2, 0.25) is 5.91 Å². The van der Waals surface area contributed by atoms with E-state index in [0.29, 0.717) is 12.8 Å². The van der Waals surface area contributed by atoms with Crippen molar-refractivity contribution in [2.45, 2.75) is 31.2 Å². The molecular formula is C24H26N2O6. The summed E-state index contributed by atoms with van der Waals surface area (Å²) in [5.41, 5.74) is 3.62. The Kier molecular flexibility index (Phi) is 6.14. The van der Waals surface area contributed by atoms with Crippen LogP contribution >= 0.6 is 0 Å². The number of nitrogens with one attached hydrogen (secondary N) is 2. The number of hydrogen-bond acceptors (Lipinski definition) is 5. The summed E-state index contributed by atoms with van der Waals surface area (Å²) in [6, 6.07) is 14.7. The number of rotatable bonds is 8. The van der Waals surface area contributed by atoms with E-state index in [-0.39, 0.29) is 19.1 Å². The van der Waals surface area contributed by atoms with Crippen molar-refractivity contribution >= 4 is 18.0 Å². The third-order valence-electron chi connectivity index (χ3n) is 6.49. The van der Waals surface area contributed by atoms with E-state index in [1.165, 1.54) is 0 Å². The van der Waals surface area contributed by atoms with E-state index in [1.54, 1.807) is 0 Å². The predicted octanol–water partition coefficient (Wildman–Crippen LogP) is 2.26. The zero-order valence-corrected chi connectivity index (χ0v) is 17.5. The first-order valence-electron chi connectivity index (χ1n) is 10.7. The number of carbonyl (C=O) groups excluding carboxylic acids is 2. The normalized spacial score (nSPS) is 16.8. The number of amides is 2. The van der Waals surface area contributed by atoms with Gasteiger partial charge in [-0.2, -0.15) is 0 Å². The van der Waals surface area contributed by atoms with Gasteiger partial charge in [-0.05, 0) is 35.1 Å². The summed E-state index contributed by atoms with van der Waals surface area (Å²) in [4.78, 5) is 36.1. The average molecular weight is 438 g/mol. The lowest BCUT2D eigenvalue weighted by atomic mass is 9.68. The molecule has 1 fully saturated rings. The highest BCUT2D eigenvalue weighted by Crippen LogP contribution is 2.44. The molecule has 4 rings (SSSR count). The van der Waals surface area contributed by atoms with Gasteiger partial charge in [-0.25, -0.2) is 9.59 Å². The van der Waals surface area contributed by atoms with Gasteiger partial charge in [0.15, 0.2) is 0 Å². The van der Waals surface area contributed by atoms with E-state index in [2.05, 4.69) is 22.8 Å². The zero-order chi connectivity index (χ0) is 22.7. The Bertz CT molecular complexity index is 987. The molecule has 2 aromatic carbocycles. The minimum Gasteiger partial charge on any atom is -0.480 e. The van der Waals surface area contributed by atoms with Crippen LogP contribution in [0.15, 0.2) is 48.5 Å². The summed E-state index contributed by atoms with van der Waals surface area (Å²) >= 11 is 0. The standard InChI is InChI=1S/C24H26N2O6/c27-12-20(21(28)29)26-22(30)24(10-5-11-24)14-25-23(31)32-13-19-17-8-3-1-6-15(17)16-7-2-4-9-18(16)19/h1-4,6-9,19-20,27H,5,10-14H2,(H,25,31)(H,26,30)(H,28,29). The summed E-state index contributed by atoms with van der Waals surface area (Å²) in [5, 5.41) is 23.2. The maximum atomic E-state index is 12.6. The number of alkyl carbamates (subject to hydrolysis) is 1. The molecule has 32 heavy (non-hydrogen) atoms. The Morgan fingerprint density at radius 2 is 1.62 bits per heavy atom. The van der Waals surface area contributed by atoms with Gasteiger partial charge in [0.1, 0.15) is 12.6 Å². The molecule has 0 spiro atoms. The Morgan fingerprint density at radius 1 is 1.03 bits per heavy atom. The molecule has 0 heterocycles. The van der Waals surface area contributed by atoms with E-state index in [4.69, 9.17) is 14.9 Å². The van der Waals surface area contributed by atoms with Gasteiger partial charge < -0.3 is 25.6 Å². The number of carboxylic acids is 1. The third kappa shape index (κ3) is 4.05. The van der Waals surface area contributed by atoms with Crippen LogP contribution in [-0.4, -0.2) is 54.0 Å². The second kappa shape index (κ2) is 9.00. The first-order chi connectivity index (χ1) is 15.4. The highest BCUT2D eigenvalue weighted by Gasteiger charge is 2.45. The topological polar surface area (TPSA) is 125 Å². The van der Waals surface area contributed by atoms with Gasteiger partial charge in [0, 0.05) is 12.5 Å². The molecule has 0 aromatic heterocycles. The molecule has 0 radical (unpaired) electrons. The van der Waals surface area contributed by atoms with Crippen molar-refractivity contribution < 1.29 is 29.3 Å². The minimum atomic E-state index is -1.37. The van der Waals surface area contributed by atoms with E-state index in [9.17, 15) is 14.4 Å². The number of fused-ring (bicyclic) bond motifs is 3. The highest BCUT2D eigenvalue weighted by molar-refractivity contribution is 5.88. The molecule has 1 saturated carbocycles. The number of carbonyl (C=O) groups is 3. The number of hydrogen-bond donors (Lipinski definition) is 4. The maximum absolute atomic E-state index is 12.6. The largest absolute Gasteiger partial charge is 0.480 e. The van der Waals surface area contributed by atoms with Gasteiger partial charge in [-0.1, -0.05) is 55.0 Å². The molecule has 168 valence electrons. The Labute approximate surface area is 185 Å². The summed E-state index contributed by atoms with van der Waals surface area (Å²) in [7, 11) is 0. The Balaban J connectivity index is 1.35. The lowest BCUT2D eigenvalue weighted by molar-refractivity contribution is -0.146. The van der Waals surface area contributed by atoms with E-state index in [0.717, 1.165) is 28.7 Å². The number of aliphatic hydroxyl groups excluding tert-OH is 1. The smallest absolute Gasteiger partial charge is 0.407 e.